The number of aromatic nitrogens is 2. The first-order chi connectivity index (χ1) is 9.76. The summed E-state index contributed by atoms with van der Waals surface area (Å²) < 4.78 is 7.77. The molecule has 0 saturated carbocycles. The summed E-state index contributed by atoms with van der Waals surface area (Å²) in [5.41, 5.74) is 3.37. The van der Waals surface area contributed by atoms with Crippen molar-refractivity contribution in [1.29, 1.82) is 5.26 Å². The van der Waals surface area contributed by atoms with Gasteiger partial charge in [-0.1, -0.05) is 12.1 Å². The molecule has 0 aliphatic rings. The fraction of sp³-hybridized carbons (Fsp3) is 0.125. The summed E-state index contributed by atoms with van der Waals surface area (Å²) in [6.45, 7) is 2.37. The normalized spacial score (nSPS) is 10.4. The number of nitrogens with zero attached hydrogens (tertiary/aromatic N) is 3. The largest absolute Gasteiger partial charge is 0.485 e. The van der Waals surface area contributed by atoms with Crippen LogP contribution >= 0.6 is 0 Å². The lowest BCUT2D eigenvalue weighted by molar-refractivity contribution is 0.308. The van der Waals surface area contributed by atoms with Crippen LogP contribution in [0.4, 0.5) is 0 Å². The highest BCUT2D eigenvalue weighted by molar-refractivity contribution is 5.54. The maximum atomic E-state index is 8.89. The molecule has 3 aromatic rings. The van der Waals surface area contributed by atoms with E-state index in [4.69, 9.17) is 10.00 Å². The first-order valence-electron chi connectivity index (χ1n) is 6.32. The van der Waals surface area contributed by atoms with Crippen LogP contribution in [0.2, 0.25) is 0 Å². The second-order valence-corrected chi connectivity index (χ2v) is 4.59. The third-order valence-electron chi connectivity index (χ3n) is 3.02. The van der Waals surface area contributed by atoms with Crippen molar-refractivity contribution in [2.75, 3.05) is 0 Å². The molecule has 2 heterocycles. The number of hydrogen-bond acceptors (Lipinski definition) is 3. The number of benzene rings is 1. The highest BCUT2D eigenvalue weighted by atomic mass is 16.5. The maximum Gasteiger partial charge on any atom is 0.179 e. The average Bonchev–Trinajstić information content (AvgIpc) is 2.86. The molecule has 0 aliphatic heterocycles. The monoisotopic (exact) mass is 263 g/mol. The minimum atomic E-state index is 0.418. The quantitative estimate of drug-likeness (QED) is 0.729. The number of nitriles is 1. The standard InChI is InChI=1S/C16H13N3O/c1-12-10-19-7-3-6-15(16(19)18-12)20-11-14-5-2-4-13(8-14)9-17/h2-8,10H,11H2,1H3. The molecule has 98 valence electrons. The summed E-state index contributed by atoms with van der Waals surface area (Å²) in [6, 6.07) is 13.4. The topological polar surface area (TPSA) is 50.3 Å². The molecule has 0 amide bonds. The van der Waals surface area contributed by atoms with Gasteiger partial charge in [-0.15, -0.1) is 0 Å². The lowest BCUT2D eigenvalue weighted by atomic mass is 10.1. The van der Waals surface area contributed by atoms with E-state index in [1.165, 1.54) is 0 Å². The third kappa shape index (κ3) is 2.34. The van der Waals surface area contributed by atoms with Gasteiger partial charge in [0.1, 0.15) is 6.61 Å². The fourth-order valence-corrected chi connectivity index (χ4v) is 2.11. The van der Waals surface area contributed by atoms with Gasteiger partial charge in [-0.25, -0.2) is 4.98 Å². The van der Waals surface area contributed by atoms with E-state index in [9.17, 15) is 0 Å². The third-order valence-corrected chi connectivity index (χ3v) is 3.02. The fourth-order valence-electron chi connectivity index (χ4n) is 2.11. The summed E-state index contributed by atoms with van der Waals surface area (Å²) in [5.74, 6) is 0.739. The van der Waals surface area contributed by atoms with Crippen LogP contribution in [0.3, 0.4) is 0 Å². The molecule has 2 aromatic heterocycles. The molecule has 20 heavy (non-hydrogen) atoms. The molecule has 0 spiro atoms. The van der Waals surface area contributed by atoms with Crippen LogP contribution in [0.15, 0.2) is 48.8 Å². The molecule has 0 radical (unpaired) electrons. The van der Waals surface area contributed by atoms with Gasteiger partial charge in [0.2, 0.25) is 0 Å². The van der Waals surface area contributed by atoms with Gasteiger partial charge in [0.05, 0.1) is 17.3 Å². The van der Waals surface area contributed by atoms with Crippen LogP contribution in [-0.4, -0.2) is 9.38 Å². The molecular formula is C16H13N3O. The first kappa shape index (κ1) is 12.2. The Bertz CT molecular complexity index is 799. The second-order valence-electron chi connectivity index (χ2n) is 4.59. The molecule has 4 nitrogen and oxygen atoms in total. The Hall–Kier alpha value is -2.80. The van der Waals surface area contributed by atoms with E-state index in [0.29, 0.717) is 12.2 Å². The predicted molar refractivity (Wildman–Crippen MR) is 75.4 cm³/mol. The Morgan fingerprint density at radius 2 is 2.20 bits per heavy atom. The van der Waals surface area contributed by atoms with Crippen LogP contribution in [0, 0.1) is 18.3 Å². The zero-order valence-corrected chi connectivity index (χ0v) is 11.1. The van der Waals surface area contributed by atoms with Crippen LogP contribution in [0.25, 0.3) is 5.65 Å². The molecule has 1 aromatic carbocycles. The van der Waals surface area contributed by atoms with Gasteiger partial charge in [0, 0.05) is 12.4 Å². The van der Waals surface area contributed by atoms with E-state index in [-0.39, 0.29) is 0 Å². The number of pyridine rings is 1. The molecule has 3 rings (SSSR count). The first-order valence-corrected chi connectivity index (χ1v) is 6.32. The van der Waals surface area contributed by atoms with Crippen molar-refractivity contribution in [3.8, 4) is 11.8 Å². The van der Waals surface area contributed by atoms with Crippen molar-refractivity contribution >= 4 is 5.65 Å². The SMILES string of the molecule is Cc1cn2cccc(OCc3cccc(C#N)c3)c2n1. The molecule has 0 unspecified atom stereocenters. The van der Waals surface area contributed by atoms with E-state index in [0.717, 1.165) is 22.7 Å². The predicted octanol–water partition coefficient (Wildman–Crippen LogP) is 3.09. The molecule has 0 aliphatic carbocycles. The van der Waals surface area contributed by atoms with E-state index >= 15 is 0 Å². The highest BCUT2D eigenvalue weighted by Gasteiger charge is 2.05. The number of hydrogen-bond donors (Lipinski definition) is 0. The smallest absolute Gasteiger partial charge is 0.179 e. The van der Waals surface area contributed by atoms with Crippen molar-refractivity contribution in [3.63, 3.8) is 0 Å². The summed E-state index contributed by atoms with van der Waals surface area (Å²) in [5, 5.41) is 8.89. The van der Waals surface area contributed by atoms with Gasteiger partial charge in [0.25, 0.3) is 0 Å². The Morgan fingerprint density at radius 3 is 3.05 bits per heavy atom. The number of ether oxygens (including phenoxy) is 1. The van der Waals surface area contributed by atoms with Crippen molar-refractivity contribution in [2.45, 2.75) is 13.5 Å². The van der Waals surface area contributed by atoms with Crippen molar-refractivity contribution in [1.82, 2.24) is 9.38 Å². The van der Waals surface area contributed by atoms with Crippen LogP contribution in [-0.2, 0) is 6.61 Å². The molecule has 0 N–H and O–H groups in total. The zero-order chi connectivity index (χ0) is 13.9. The van der Waals surface area contributed by atoms with Crippen LogP contribution in [0.5, 0.6) is 5.75 Å². The molecular weight excluding hydrogens is 250 g/mol. The summed E-state index contributed by atoms with van der Waals surface area (Å²) in [6.07, 6.45) is 3.90. The Labute approximate surface area is 116 Å². The number of aryl methyl sites for hydroxylation is 1. The molecule has 0 saturated heterocycles. The van der Waals surface area contributed by atoms with Gasteiger partial charge in [-0.2, -0.15) is 5.26 Å². The summed E-state index contributed by atoms with van der Waals surface area (Å²) >= 11 is 0. The minimum Gasteiger partial charge on any atom is -0.485 e. The highest BCUT2D eigenvalue weighted by Crippen LogP contribution is 2.20. The van der Waals surface area contributed by atoms with E-state index in [2.05, 4.69) is 11.1 Å². The summed E-state index contributed by atoms with van der Waals surface area (Å²) in [4.78, 5) is 4.44. The Morgan fingerprint density at radius 1 is 1.30 bits per heavy atom. The molecule has 0 fully saturated rings. The lowest BCUT2D eigenvalue weighted by Crippen LogP contribution is -1.98. The van der Waals surface area contributed by atoms with Crippen molar-refractivity contribution in [3.05, 3.63) is 65.6 Å². The van der Waals surface area contributed by atoms with Crippen molar-refractivity contribution < 1.29 is 4.74 Å². The van der Waals surface area contributed by atoms with Crippen LogP contribution < -0.4 is 4.74 Å². The number of rotatable bonds is 3. The maximum absolute atomic E-state index is 8.89. The van der Waals surface area contributed by atoms with Crippen molar-refractivity contribution in [2.24, 2.45) is 0 Å². The molecule has 0 bridgehead atoms. The van der Waals surface area contributed by atoms with Gasteiger partial charge in [-0.3, -0.25) is 0 Å². The molecule has 4 heteroatoms. The molecule has 0 atom stereocenters. The van der Waals surface area contributed by atoms with Gasteiger partial charge >= 0.3 is 0 Å². The van der Waals surface area contributed by atoms with E-state index in [1.807, 2.05) is 54.0 Å². The Balaban J connectivity index is 1.85. The van der Waals surface area contributed by atoms with Gasteiger partial charge in [-0.05, 0) is 36.8 Å². The zero-order valence-electron chi connectivity index (χ0n) is 11.1. The second kappa shape index (κ2) is 5.06. The average molecular weight is 263 g/mol. The summed E-state index contributed by atoms with van der Waals surface area (Å²) in [7, 11) is 0. The minimum absolute atomic E-state index is 0.418. The van der Waals surface area contributed by atoms with Gasteiger partial charge in [0.15, 0.2) is 11.4 Å². The number of imidazole rings is 1. The lowest BCUT2D eigenvalue weighted by Gasteiger charge is -2.07. The van der Waals surface area contributed by atoms with Gasteiger partial charge < -0.3 is 9.14 Å². The van der Waals surface area contributed by atoms with E-state index < -0.39 is 0 Å². The van der Waals surface area contributed by atoms with E-state index in [1.54, 1.807) is 6.07 Å². The van der Waals surface area contributed by atoms with Crippen LogP contribution in [0.1, 0.15) is 16.8 Å². The number of fused-ring (bicyclic) bond motifs is 1. The Kier molecular flexibility index (Phi) is 3.10.